The van der Waals surface area contributed by atoms with Crippen LogP contribution in [0.5, 0.6) is 0 Å². The maximum atomic E-state index is 13.0. The fourth-order valence-electron chi connectivity index (χ4n) is 2.02. The van der Waals surface area contributed by atoms with Crippen LogP contribution in [0.2, 0.25) is 0 Å². The van der Waals surface area contributed by atoms with E-state index in [4.69, 9.17) is 5.11 Å². The van der Waals surface area contributed by atoms with Gasteiger partial charge in [0.15, 0.2) is 0 Å². The van der Waals surface area contributed by atoms with Crippen molar-refractivity contribution in [3.05, 3.63) is 71.0 Å². The van der Waals surface area contributed by atoms with E-state index in [-0.39, 0.29) is 17.4 Å². The number of rotatable bonds is 6. The number of benzene rings is 2. The summed E-state index contributed by atoms with van der Waals surface area (Å²) in [4.78, 5) is 22.4. The smallest absolute Gasteiger partial charge is 0.335 e. The molecule has 2 aromatic carbocycles. The number of carbonyl (C=O) groups is 2. The number of amides is 2. The zero-order valence-corrected chi connectivity index (χ0v) is 12.4. The fourth-order valence-corrected chi connectivity index (χ4v) is 2.02. The summed E-state index contributed by atoms with van der Waals surface area (Å²) >= 11 is 0. The number of hydrogen-bond donors (Lipinski definition) is 3. The molecule has 0 bridgehead atoms. The van der Waals surface area contributed by atoms with Gasteiger partial charge in [-0.25, -0.2) is 14.0 Å². The van der Waals surface area contributed by atoms with E-state index in [1.54, 1.807) is 24.3 Å². The van der Waals surface area contributed by atoms with Gasteiger partial charge in [-0.1, -0.05) is 24.3 Å². The van der Waals surface area contributed by atoms with Gasteiger partial charge < -0.3 is 15.7 Å². The zero-order chi connectivity index (χ0) is 16.7. The zero-order valence-electron chi connectivity index (χ0n) is 12.4. The molecule has 0 aliphatic rings. The molecule has 0 spiro atoms. The Balaban J connectivity index is 1.71. The molecule has 0 aromatic heterocycles. The van der Waals surface area contributed by atoms with E-state index in [1.807, 2.05) is 0 Å². The summed E-state index contributed by atoms with van der Waals surface area (Å²) in [6, 6.07) is 12.2. The van der Waals surface area contributed by atoms with Crippen LogP contribution in [0, 0.1) is 5.82 Å². The van der Waals surface area contributed by atoms with Gasteiger partial charge in [0.25, 0.3) is 0 Å². The molecule has 0 aliphatic carbocycles. The predicted molar refractivity (Wildman–Crippen MR) is 83.7 cm³/mol. The number of urea groups is 1. The van der Waals surface area contributed by atoms with E-state index < -0.39 is 5.97 Å². The van der Waals surface area contributed by atoms with E-state index in [0.29, 0.717) is 19.5 Å². The van der Waals surface area contributed by atoms with Crippen LogP contribution in [-0.4, -0.2) is 23.7 Å². The maximum Gasteiger partial charge on any atom is 0.335 e. The predicted octanol–water partition coefficient (Wildman–Crippen LogP) is 2.57. The fraction of sp³-hybridized carbons (Fsp3) is 0.176. The van der Waals surface area contributed by atoms with Crippen LogP contribution >= 0.6 is 0 Å². The Morgan fingerprint density at radius 3 is 2.39 bits per heavy atom. The monoisotopic (exact) mass is 316 g/mol. The molecule has 0 unspecified atom stereocenters. The molecule has 120 valence electrons. The third-order valence-electron chi connectivity index (χ3n) is 3.24. The standard InChI is InChI=1S/C17H17FN2O3/c18-15-3-1-2-12(10-15)8-9-19-17(23)20-11-13-4-6-14(7-5-13)16(21)22/h1-7,10H,8-9,11H2,(H,21,22)(H2,19,20,23). The van der Waals surface area contributed by atoms with Crippen molar-refractivity contribution in [2.24, 2.45) is 0 Å². The molecule has 2 amide bonds. The molecule has 0 heterocycles. The highest BCUT2D eigenvalue weighted by Crippen LogP contribution is 2.05. The third-order valence-corrected chi connectivity index (χ3v) is 3.24. The first-order valence-corrected chi connectivity index (χ1v) is 7.13. The normalized spacial score (nSPS) is 10.1. The van der Waals surface area contributed by atoms with Crippen molar-refractivity contribution in [2.75, 3.05) is 6.54 Å². The van der Waals surface area contributed by atoms with Crippen LogP contribution in [0.15, 0.2) is 48.5 Å². The van der Waals surface area contributed by atoms with Crippen LogP contribution in [0.1, 0.15) is 21.5 Å². The Labute approximate surface area is 133 Å². The van der Waals surface area contributed by atoms with E-state index in [0.717, 1.165) is 11.1 Å². The minimum atomic E-state index is -0.986. The minimum Gasteiger partial charge on any atom is -0.478 e. The first-order valence-electron chi connectivity index (χ1n) is 7.13. The van der Waals surface area contributed by atoms with E-state index in [1.165, 1.54) is 24.3 Å². The van der Waals surface area contributed by atoms with Gasteiger partial charge >= 0.3 is 12.0 Å². The Morgan fingerprint density at radius 2 is 1.74 bits per heavy atom. The lowest BCUT2D eigenvalue weighted by atomic mass is 10.1. The molecule has 0 aliphatic heterocycles. The average molecular weight is 316 g/mol. The topological polar surface area (TPSA) is 78.4 Å². The van der Waals surface area contributed by atoms with Crippen molar-refractivity contribution < 1.29 is 19.1 Å². The Morgan fingerprint density at radius 1 is 1.00 bits per heavy atom. The van der Waals surface area contributed by atoms with Gasteiger partial charge in [0.1, 0.15) is 5.82 Å². The van der Waals surface area contributed by atoms with Crippen molar-refractivity contribution in [3.8, 4) is 0 Å². The van der Waals surface area contributed by atoms with Crippen molar-refractivity contribution in [3.63, 3.8) is 0 Å². The molecule has 2 rings (SSSR count). The highest BCUT2D eigenvalue weighted by molar-refractivity contribution is 5.87. The van der Waals surface area contributed by atoms with Crippen molar-refractivity contribution in [1.82, 2.24) is 10.6 Å². The van der Waals surface area contributed by atoms with Crippen LogP contribution in [0.4, 0.5) is 9.18 Å². The number of carbonyl (C=O) groups excluding carboxylic acids is 1. The highest BCUT2D eigenvalue weighted by atomic mass is 19.1. The Hall–Kier alpha value is -2.89. The van der Waals surface area contributed by atoms with Crippen LogP contribution < -0.4 is 10.6 Å². The van der Waals surface area contributed by atoms with E-state index >= 15 is 0 Å². The lowest BCUT2D eigenvalue weighted by Gasteiger charge is -2.08. The average Bonchev–Trinajstić information content (AvgIpc) is 2.53. The molecule has 6 heteroatoms. The quantitative estimate of drug-likeness (QED) is 0.766. The van der Waals surface area contributed by atoms with Gasteiger partial charge in [-0.3, -0.25) is 0 Å². The van der Waals surface area contributed by atoms with Crippen molar-refractivity contribution in [1.29, 1.82) is 0 Å². The van der Waals surface area contributed by atoms with Gasteiger partial charge in [-0.15, -0.1) is 0 Å². The largest absolute Gasteiger partial charge is 0.478 e. The summed E-state index contributed by atoms with van der Waals surface area (Å²) in [7, 11) is 0. The molecule has 3 N–H and O–H groups in total. The lowest BCUT2D eigenvalue weighted by molar-refractivity contribution is 0.0697. The second-order valence-corrected chi connectivity index (χ2v) is 4.99. The molecule has 0 saturated heterocycles. The van der Waals surface area contributed by atoms with Crippen LogP contribution in [0.3, 0.4) is 0 Å². The first kappa shape index (κ1) is 16.5. The second-order valence-electron chi connectivity index (χ2n) is 4.99. The summed E-state index contributed by atoms with van der Waals surface area (Å²) in [5, 5.41) is 14.2. The molecular formula is C17H17FN2O3. The number of nitrogens with one attached hydrogen (secondary N) is 2. The summed E-state index contributed by atoms with van der Waals surface area (Å²) in [5.74, 6) is -1.28. The number of halogens is 1. The van der Waals surface area contributed by atoms with Gasteiger partial charge in [0, 0.05) is 13.1 Å². The Bertz CT molecular complexity index is 686. The summed E-state index contributed by atoms with van der Waals surface area (Å²) < 4.78 is 13.0. The molecule has 23 heavy (non-hydrogen) atoms. The lowest BCUT2D eigenvalue weighted by Crippen LogP contribution is -2.36. The minimum absolute atomic E-state index is 0.202. The molecule has 0 atom stereocenters. The first-order chi connectivity index (χ1) is 11.0. The van der Waals surface area contributed by atoms with Gasteiger partial charge in [-0.05, 0) is 41.8 Å². The number of aromatic carboxylic acids is 1. The second kappa shape index (κ2) is 7.93. The summed E-state index contributed by atoms with van der Waals surface area (Å²) in [5.41, 5.74) is 1.82. The number of carboxylic acid groups (broad SMARTS) is 1. The molecular weight excluding hydrogens is 299 g/mol. The third kappa shape index (κ3) is 5.43. The number of carboxylic acids is 1. The van der Waals surface area contributed by atoms with Crippen molar-refractivity contribution >= 4 is 12.0 Å². The SMILES string of the molecule is O=C(NCCc1cccc(F)c1)NCc1ccc(C(=O)O)cc1. The van der Waals surface area contributed by atoms with Gasteiger partial charge in [0.2, 0.25) is 0 Å². The van der Waals surface area contributed by atoms with Gasteiger partial charge in [-0.2, -0.15) is 0 Å². The molecule has 0 radical (unpaired) electrons. The molecule has 0 saturated carbocycles. The highest BCUT2D eigenvalue weighted by Gasteiger charge is 2.03. The van der Waals surface area contributed by atoms with Gasteiger partial charge in [0.05, 0.1) is 5.56 Å². The van der Waals surface area contributed by atoms with Crippen molar-refractivity contribution in [2.45, 2.75) is 13.0 Å². The van der Waals surface area contributed by atoms with Crippen LogP contribution in [0.25, 0.3) is 0 Å². The van der Waals surface area contributed by atoms with Crippen LogP contribution in [-0.2, 0) is 13.0 Å². The summed E-state index contributed by atoms with van der Waals surface area (Å²) in [6.07, 6.45) is 0.540. The summed E-state index contributed by atoms with van der Waals surface area (Å²) in [6.45, 7) is 0.693. The number of hydrogen-bond acceptors (Lipinski definition) is 2. The van der Waals surface area contributed by atoms with E-state index in [9.17, 15) is 14.0 Å². The maximum absolute atomic E-state index is 13.0. The van der Waals surface area contributed by atoms with E-state index in [2.05, 4.69) is 10.6 Å². The Kier molecular flexibility index (Phi) is 5.68. The molecule has 0 fully saturated rings. The molecule has 5 nitrogen and oxygen atoms in total. The molecule has 2 aromatic rings.